The average molecular weight is 329 g/mol. The van der Waals surface area contributed by atoms with Gasteiger partial charge in [0.05, 0.1) is 6.04 Å². The van der Waals surface area contributed by atoms with Gasteiger partial charge in [0.15, 0.2) is 0 Å². The van der Waals surface area contributed by atoms with Gasteiger partial charge in [-0.2, -0.15) is 0 Å². The molecular formula is C14H18BrFN2O. The van der Waals surface area contributed by atoms with Gasteiger partial charge in [-0.15, -0.1) is 0 Å². The first-order valence-electron chi connectivity index (χ1n) is 6.38. The Morgan fingerprint density at radius 1 is 1.53 bits per heavy atom. The molecule has 2 rings (SSSR count). The van der Waals surface area contributed by atoms with E-state index in [1.807, 2.05) is 0 Å². The lowest BCUT2D eigenvalue weighted by Gasteiger charge is -2.26. The Hall–Kier alpha value is -0.940. The smallest absolute Gasteiger partial charge is 0.239 e. The van der Waals surface area contributed by atoms with Crippen LogP contribution >= 0.6 is 15.9 Å². The molecule has 19 heavy (non-hydrogen) atoms. The summed E-state index contributed by atoms with van der Waals surface area (Å²) in [5.74, 6) is -0.103. The van der Waals surface area contributed by atoms with Crippen molar-refractivity contribution < 1.29 is 9.18 Å². The second-order valence-corrected chi connectivity index (χ2v) is 5.95. The lowest BCUT2D eigenvalue weighted by Crippen LogP contribution is -2.42. The van der Waals surface area contributed by atoms with Gasteiger partial charge in [0.1, 0.15) is 5.82 Å². The number of halogens is 2. The van der Waals surface area contributed by atoms with Gasteiger partial charge in [0.2, 0.25) is 5.91 Å². The molecule has 1 heterocycles. The minimum absolute atomic E-state index is 0.0491. The van der Waals surface area contributed by atoms with Crippen LogP contribution in [0.5, 0.6) is 0 Å². The topological polar surface area (TPSA) is 23.6 Å². The van der Waals surface area contributed by atoms with Gasteiger partial charge in [0.25, 0.3) is 0 Å². The Morgan fingerprint density at radius 2 is 2.26 bits per heavy atom. The summed E-state index contributed by atoms with van der Waals surface area (Å²) < 4.78 is 13.8. The molecule has 0 aliphatic carbocycles. The number of hydrogen-bond donors (Lipinski definition) is 0. The molecule has 104 valence electrons. The van der Waals surface area contributed by atoms with Gasteiger partial charge in [-0.1, -0.05) is 22.0 Å². The van der Waals surface area contributed by atoms with Crippen molar-refractivity contribution in [1.82, 2.24) is 9.80 Å². The molecule has 1 aromatic rings. The predicted octanol–water partition coefficient (Wildman–Crippen LogP) is 2.64. The molecule has 0 aromatic heterocycles. The van der Waals surface area contributed by atoms with E-state index in [0.717, 1.165) is 29.4 Å². The van der Waals surface area contributed by atoms with E-state index >= 15 is 0 Å². The summed E-state index contributed by atoms with van der Waals surface area (Å²) >= 11 is 3.38. The van der Waals surface area contributed by atoms with Crippen LogP contribution in [-0.4, -0.2) is 42.4 Å². The van der Waals surface area contributed by atoms with Crippen molar-refractivity contribution in [3.8, 4) is 0 Å². The summed E-state index contributed by atoms with van der Waals surface area (Å²) in [4.78, 5) is 15.9. The third kappa shape index (κ3) is 3.34. The number of nitrogens with zero attached hydrogens (tertiary/aromatic N) is 2. The molecule has 1 aromatic carbocycles. The second-order valence-electron chi connectivity index (χ2n) is 5.10. The average Bonchev–Trinajstić information content (AvgIpc) is 2.79. The Labute approximate surface area is 121 Å². The number of likely N-dealkylation sites (N-methyl/N-ethyl adjacent to an activating group) is 1. The molecular weight excluding hydrogens is 311 g/mol. The fraction of sp³-hybridized carbons (Fsp3) is 0.500. The van der Waals surface area contributed by atoms with Gasteiger partial charge in [-0.3, -0.25) is 9.69 Å². The fourth-order valence-electron chi connectivity index (χ4n) is 2.46. The second kappa shape index (κ2) is 6.01. The molecule has 1 unspecified atom stereocenters. The fourth-order valence-corrected chi connectivity index (χ4v) is 2.94. The number of hydrogen-bond acceptors (Lipinski definition) is 2. The van der Waals surface area contributed by atoms with Crippen molar-refractivity contribution in [3.63, 3.8) is 0 Å². The van der Waals surface area contributed by atoms with Crippen LogP contribution in [0.1, 0.15) is 18.4 Å². The molecule has 0 radical (unpaired) electrons. The minimum atomic E-state index is -0.252. The van der Waals surface area contributed by atoms with Crippen LogP contribution in [0.3, 0.4) is 0 Å². The van der Waals surface area contributed by atoms with E-state index in [0.29, 0.717) is 6.54 Å². The molecule has 0 saturated carbocycles. The number of carbonyl (C=O) groups is 1. The largest absolute Gasteiger partial charge is 0.347 e. The van der Waals surface area contributed by atoms with Crippen molar-refractivity contribution in [3.05, 3.63) is 34.1 Å². The summed E-state index contributed by atoms with van der Waals surface area (Å²) in [5, 5.41) is 0. The summed E-state index contributed by atoms with van der Waals surface area (Å²) in [6.45, 7) is 1.58. The zero-order valence-electron chi connectivity index (χ0n) is 11.2. The van der Waals surface area contributed by atoms with Crippen LogP contribution in [0.4, 0.5) is 4.39 Å². The Kier molecular flexibility index (Phi) is 4.58. The highest BCUT2D eigenvalue weighted by Crippen LogP contribution is 2.25. The van der Waals surface area contributed by atoms with E-state index in [1.165, 1.54) is 12.1 Å². The van der Waals surface area contributed by atoms with Crippen LogP contribution in [-0.2, 0) is 11.3 Å². The van der Waals surface area contributed by atoms with E-state index in [-0.39, 0.29) is 17.8 Å². The molecule has 1 atom stereocenters. The zero-order valence-corrected chi connectivity index (χ0v) is 12.8. The van der Waals surface area contributed by atoms with E-state index in [4.69, 9.17) is 0 Å². The summed E-state index contributed by atoms with van der Waals surface area (Å²) in [6, 6.07) is 4.65. The molecule has 0 spiro atoms. The summed E-state index contributed by atoms with van der Waals surface area (Å²) in [7, 11) is 3.57. The van der Waals surface area contributed by atoms with Crippen LogP contribution < -0.4 is 0 Å². The molecule has 1 aliphatic heterocycles. The van der Waals surface area contributed by atoms with Gasteiger partial charge in [0, 0.05) is 25.1 Å². The lowest BCUT2D eigenvalue weighted by atomic mass is 10.1. The van der Waals surface area contributed by atoms with Crippen molar-refractivity contribution in [1.29, 1.82) is 0 Å². The van der Waals surface area contributed by atoms with Crippen molar-refractivity contribution in [2.24, 2.45) is 0 Å². The molecule has 3 nitrogen and oxygen atoms in total. The first-order valence-corrected chi connectivity index (χ1v) is 7.17. The Balaban J connectivity index is 2.11. The van der Waals surface area contributed by atoms with E-state index in [1.54, 1.807) is 25.1 Å². The first-order chi connectivity index (χ1) is 8.99. The van der Waals surface area contributed by atoms with E-state index in [2.05, 4.69) is 20.8 Å². The molecule has 0 N–H and O–H groups in total. The number of likely N-dealkylation sites (tertiary alicyclic amines) is 1. The molecule has 1 fully saturated rings. The lowest BCUT2D eigenvalue weighted by molar-refractivity contribution is -0.133. The Bertz CT molecular complexity index is 479. The van der Waals surface area contributed by atoms with Crippen LogP contribution in [0.2, 0.25) is 0 Å². The van der Waals surface area contributed by atoms with Gasteiger partial charge in [-0.25, -0.2) is 4.39 Å². The molecule has 1 amide bonds. The van der Waals surface area contributed by atoms with E-state index < -0.39 is 0 Å². The highest BCUT2D eigenvalue weighted by Gasteiger charge is 2.31. The Morgan fingerprint density at radius 3 is 2.89 bits per heavy atom. The van der Waals surface area contributed by atoms with E-state index in [9.17, 15) is 9.18 Å². The highest BCUT2D eigenvalue weighted by molar-refractivity contribution is 9.10. The van der Waals surface area contributed by atoms with Crippen LogP contribution in [0.15, 0.2) is 22.7 Å². The number of carbonyl (C=O) groups excluding carboxylic acids is 1. The standard InChI is InChI=1S/C14H18BrFN2O/c1-17(2)14(19)13-4-3-7-18(13)9-10-5-6-11(16)8-12(10)15/h5-6,8,13H,3-4,7,9H2,1-2H3. The van der Waals surface area contributed by atoms with Gasteiger partial charge >= 0.3 is 0 Å². The van der Waals surface area contributed by atoms with Crippen molar-refractivity contribution >= 4 is 21.8 Å². The van der Waals surface area contributed by atoms with Crippen molar-refractivity contribution in [2.45, 2.75) is 25.4 Å². The quantitative estimate of drug-likeness (QED) is 0.851. The third-order valence-corrected chi connectivity index (χ3v) is 4.22. The SMILES string of the molecule is CN(C)C(=O)C1CCCN1Cc1ccc(F)cc1Br. The maximum Gasteiger partial charge on any atom is 0.239 e. The molecule has 5 heteroatoms. The maximum atomic E-state index is 13.1. The number of amides is 1. The van der Waals surface area contributed by atoms with Crippen LogP contribution in [0.25, 0.3) is 0 Å². The maximum absolute atomic E-state index is 13.1. The molecule has 1 saturated heterocycles. The molecule has 0 bridgehead atoms. The molecule has 1 aliphatic rings. The minimum Gasteiger partial charge on any atom is -0.347 e. The monoisotopic (exact) mass is 328 g/mol. The van der Waals surface area contributed by atoms with Gasteiger partial charge < -0.3 is 4.90 Å². The first kappa shape index (κ1) is 14.5. The normalized spacial score (nSPS) is 19.7. The predicted molar refractivity (Wildman–Crippen MR) is 76.2 cm³/mol. The zero-order chi connectivity index (χ0) is 14.0. The van der Waals surface area contributed by atoms with Crippen LogP contribution in [0, 0.1) is 5.82 Å². The summed E-state index contributed by atoms with van der Waals surface area (Å²) in [6.07, 6.45) is 1.93. The highest BCUT2D eigenvalue weighted by atomic mass is 79.9. The number of benzene rings is 1. The third-order valence-electron chi connectivity index (χ3n) is 3.48. The summed E-state index contributed by atoms with van der Waals surface area (Å²) in [5.41, 5.74) is 1.01. The van der Waals surface area contributed by atoms with Crippen molar-refractivity contribution in [2.75, 3.05) is 20.6 Å². The van der Waals surface area contributed by atoms with Gasteiger partial charge in [-0.05, 0) is 37.1 Å². The number of rotatable bonds is 3.